The quantitative estimate of drug-likeness (QED) is 0.286. The molecule has 1 atom stereocenters. The molecular formula is C19H31IN6O2S. The van der Waals surface area contributed by atoms with Gasteiger partial charge in [-0.25, -0.2) is 13.1 Å². The number of hydrogen-bond donors (Lipinski definition) is 3. The van der Waals surface area contributed by atoms with Crippen molar-refractivity contribution in [1.29, 1.82) is 0 Å². The first kappa shape index (κ1) is 25.4. The molecule has 0 saturated carbocycles. The van der Waals surface area contributed by atoms with E-state index in [1.54, 1.807) is 25.2 Å². The summed E-state index contributed by atoms with van der Waals surface area (Å²) < 4.78 is 28.1. The summed E-state index contributed by atoms with van der Waals surface area (Å²) in [6.07, 6.45) is 0.835. The van der Waals surface area contributed by atoms with Crippen LogP contribution in [0, 0.1) is 13.8 Å². The molecule has 8 nitrogen and oxygen atoms in total. The number of aliphatic imine (C=N–C) groups is 1. The Bertz CT molecular complexity index is 956. The smallest absolute Gasteiger partial charge is 0.240 e. The first-order valence-electron chi connectivity index (χ1n) is 9.16. The summed E-state index contributed by atoms with van der Waals surface area (Å²) in [5.74, 6) is 0.661. The van der Waals surface area contributed by atoms with Crippen LogP contribution in [0.1, 0.15) is 29.4 Å². The minimum absolute atomic E-state index is 0. The van der Waals surface area contributed by atoms with E-state index in [2.05, 4.69) is 39.3 Å². The third-order valence-electron chi connectivity index (χ3n) is 4.71. The SMILES string of the molecule is CN=C(NCc1cccc(S(=O)(=O)NC)c1)NC(C)Cc1c(C)nn(C)c1C.I. The monoisotopic (exact) mass is 534 g/mol. The third kappa shape index (κ3) is 6.68. The standard InChI is InChI=1S/C19H30N6O2S.HI/c1-13(10-18-14(2)24-25(6)15(18)3)23-19(20-4)22-12-16-8-7-9-17(11-16)28(26,27)21-5;/h7-9,11,13,21H,10,12H2,1-6H3,(H2,20,22,23);1H. The van der Waals surface area contributed by atoms with Gasteiger partial charge >= 0.3 is 0 Å². The van der Waals surface area contributed by atoms with Crippen LogP contribution < -0.4 is 15.4 Å². The number of aromatic nitrogens is 2. The molecule has 0 amide bonds. The van der Waals surface area contributed by atoms with Crippen LogP contribution in [0.5, 0.6) is 0 Å². The predicted molar refractivity (Wildman–Crippen MR) is 127 cm³/mol. The lowest BCUT2D eigenvalue weighted by Crippen LogP contribution is -2.42. The second-order valence-electron chi connectivity index (χ2n) is 6.80. The number of rotatable bonds is 7. The Morgan fingerprint density at radius 3 is 2.55 bits per heavy atom. The van der Waals surface area contributed by atoms with Crippen LogP contribution >= 0.6 is 24.0 Å². The van der Waals surface area contributed by atoms with Crippen molar-refractivity contribution in [2.75, 3.05) is 14.1 Å². The number of halogens is 1. The van der Waals surface area contributed by atoms with Crippen molar-refractivity contribution in [2.45, 2.75) is 44.7 Å². The maximum atomic E-state index is 11.9. The van der Waals surface area contributed by atoms with E-state index in [0.717, 1.165) is 23.4 Å². The fourth-order valence-electron chi connectivity index (χ4n) is 3.02. The molecule has 0 aliphatic heterocycles. The highest BCUT2D eigenvalue weighted by atomic mass is 127. The molecule has 2 aromatic rings. The molecule has 1 aromatic carbocycles. The van der Waals surface area contributed by atoms with E-state index in [-0.39, 0.29) is 34.9 Å². The van der Waals surface area contributed by atoms with E-state index in [1.807, 2.05) is 24.7 Å². The first-order chi connectivity index (χ1) is 13.2. The number of sulfonamides is 1. The largest absolute Gasteiger partial charge is 0.354 e. The molecule has 0 fully saturated rings. The Labute approximate surface area is 190 Å². The molecule has 0 aliphatic carbocycles. The molecule has 0 radical (unpaired) electrons. The van der Waals surface area contributed by atoms with Crippen LogP contribution in [-0.4, -0.2) is 44.3 Å². The Morgan fingerprint density at radius 2 is 2.00 bits per heavy atom. The number of nitrogens with zero attached hydrogens (tertiary/aromatic N) is 3. The van der Waals surface area contributed by atoms with E-state index >= 15 is 0 Å². The molecule has 1 aromatic heterocycles. The second kappa shape index (κ2) is 10.9. The van der Waals surface area contributed by atoms with E-state index in [9.17, 15) is 8.42 Å². The number of benzene rings is 1. The molecule has 0 saturated heterocycles. The average molecular weight is 534 g/mol. The fourth-order valence-corrected chi connectivity index (χ4v) is 3.82. The van der Waals surface area contributed by atoms with Crippen LogP contribution in [0.3, 0.4) is 0 Å². The van der Waals surface area contributed by atoms with Gasteiger partial charge in [-0.2, -0.15) is 5.10 Å². The number of nitrogens with one attached hydrogen (secondary N) is 3. The lowest BCUT2D eigenvalue weighted by Gasteiger charge is -2.18. The highest BCUT2D eigenvalue weighted by Crippen LogP contribution is 2.14. The summed E-state index contributed by atoms with van der Waals surface area (Å²) in [7, 11) is 1.61. The molecule has 1 heterocycles. The summed E-state index contributed by atoms with van der Waals surface area (Å²) in [6.45, 7) is 6.65. The Morgan fingerprint density at radius 1 is 1.31 bits per heavy atom. The van der Waals surface area contributed by atoms with Gasteiger partial charge in [-0.3, -0.25) is 9.67 Å². The molecule has 162 valence electrons. The minimum atomic E-state index is -3.46. The molecule has 0 aliphatic rings. The zero-order chi connectivity index (χ0) is 20.9. The van der Waals surface area contributed by atoms with Gasteiger partial charge in [0.2, 0.25) is 10.0 Å². The van der Waals surface area contributed by atoms with Crippen LogP contribution in [-0.2, 0) is 30.0 Å². The zero-order valence-corrected chi connectivity index (χ0v) is 20.9. The molecule has 10 heteroatoms. The summed E-state index contributed by atoms with van der Waals surface area (Å²) in [6, 6.07) is 6.99. The Hall–Kier alpha value is -1.66. The fraction of sp³-hybridized carbons (Fsp3) is 0.474. The van der Waals surface area contributed by atoms with Crippen LogP contribution in [0.25, 0.3) is 0 Å². The highest BCUT2D eigenvalue weighted by molar-refractivity contribution is 14.0. The minimum Gasteiger partial charge on any atom is -0.354 e. The Kier molecular flexibility index (Phi) is 9.56. The molecule has 3 N–H and O–H groups in total. The van der Waals surface area contributed by atoms with Crippen molar-refractivity contribution in [3.8, 4) is 0 Å². The highest BCUT2D eigenvalue weighted by Gasteiger charge is 2.14. The van der Waals surface area contributed by atoms with Gasteiger partial charge in [-0.15, -0.1) is 24.0 Å². The van der Waals surface area contributed by atoms with Gasteiger partial charge in [0.1, 0.15) is 0 Å². The van der Waals surface area contributed by atoms with Gasteiger partial charge in [0, 0.05) is 32.4 Å². The summed E-state index contributed by atoms with van der Waals surface area (Å²) in [5.41, 5.74) is 4.30. The van der Waals surface area contributed by atoms with Crippen molar-refractivity contribution in [3.63, 3.8) is 0 Å². The molecule has 29 heavy (non-hydrogen) atoms. The van der Waals surface area contributed by atoms with E-state index in [1.165, 1.54) is 12.6 Å². The summed E-state index contributed by atoms with van der Waals surface area (Å²) >= 11 is 0. The number of aryl methyl sites for hydroxylation is 2. The van der Waals surface area contributed by atoms with Crippen LogP contribution in [0.15, 0.2) is 34.2 Å². The first-order valence-corrected chi connectivity index (χ1v) is 10.6. The lowest BCUT2D eigenvalue weighted by molar-refractivity contribution is 0.588. The lowest BCUT2D eigenvalue weighted by atomic mass is 10.1. The predicted octanol–water partition coefficient (Wildman–Crippen LogP) is 1.86. The Balaban J connectivity index is 0.00000420. The van der Waals surface area contributed by atoms with Crippen molar-refractivity contribution in [2.24, 2.45) is 12.0 Å². The van der Waals surface area contributed by atoms with E-state index in [4.69, 9.17) is 0 Å². The maximum Gasteiger partial charge on any atom is 0.240 e. The van der Waals surface area contributed by atoms with E-state index in [0.29, 0.717) is 12.5 Å². The zero-order valence-electron chi connectivity index (χ0n) is 17.8. The van der Waals surface area contributed by atoms with Gasteiger partial charge in [0.25, 0.3) is 0 Å². The maximum absolute atomic E-state index is 11.9. The molecule has 2 rings (SSSR count). The van der Waals surface area contributed by atoms with E-state index < -0.39 is 10.0 Å². The molecule has 0 spiro atoms. The van der Waals surface area contributed by atoms with Crippen molar-refractivity contribution in [3.05, 3.63) is 46.8 Å². The summed E-state index contributed by atoms with van der Waals surface area (Å²) in [4.78, 5) is 4.51. The average Bonchev–Trinajstić information content (AvgIpc) is 2.91. The second-order valence-corrected chi connectivity index (χ2v) is 8.69. The van der Waals surface area contributed by atoms with Crippen molar-refractivity contribution >= 4 is 40.0 Å². The molecular weight excluding hydrogens is 503 g/mol. The van der Waals surface area contributed by atoms with Crippen LogP contribution in [0.4, 0.5) is 0 Å². The molecule has 1 unspecified atom stereocenters. The van der Waals surface area contributed by atoms with Gasteiger partial charge < -0.3 is 10.6 Å². The van der Waals surface area contributed by atoms with Gasteiger partial charge in [0.15, 0.2) is 5.96 Å². The topological polar surface area (TPSA) is 100 Å². The number of guanidine groups is 1. The van der Waals surface area contributed by atoms with Crippen LogP contribution in [0.2, 0.25) is 0 Å². The van der Waals surface area contributed by atoms with Gasteiger partial charge in [-0.05, 0) is 57.5 Å². The number of hydrogen-bond acceptors (Lipinski definition) is 4. The summed E-state index contributed by atoms with van der Waals surface area (Å²) in [5, 5.41) is 11.1. The van der Waals surface area contributed by atoms with Crippen molar-refractivity contribution in [1.82, 2.24) is 25.1 Å². The van der Waals surface area contributed by atoms with Gasteiger partial charge in [-0.1, -0.05) is 12.1 Å². The van der Waals surface area contributed by atoms with Gasteiger partial charge in [0.05, 0.1) is 10.6 Å². The normalized spacial score (nSPS) is 13.0. The third-order valence-corrected chi connectivity index (χ3v) is 6.13. The van der Waals surface area contributed by atoms with Crippen molar-refractivity contribution < 1.29 is 8.42 Å². The molecule has 0 bridgehead atoms.